The zero-order valence-corrected chi connectivity index (χ0v) is 12.4. The van der Waals surface area contributed by atoms with Crippen LogP contribution < -0.4 is 5.32 Å². The second-order valence-corrected chi connectivity index (χ2v) is 6.65. The van der Waals surface area contributed by atoms with E-state index in [1.807, 2.05) is 0 Å². The van der Waals surface area contributed by atoms with Crippen molar-refractivity contribution in [2.75, 3.05) is 13.1 Å². The maximum Gasteiger partial charge on any atom is 0.00256 e. The minimum Gasteiger partial charge on any atom is -0.316 e. The Labute approximate surface area is 117 Å². The zero-order chi connectivity index (χ0) is 13.3. The molecule has 3 rings (SSSR count). The third kappa shape index (κ3) is 2.23. The van der Waals surface area contributed by atoms with Gasteiger partial charge in [-0.2, -0.15) is 0 Å². The van der Waals surface area contributed by atoms with Gasteiger partial charge in [-0.1, -0.05) is 49.6 Å². The highest BCUT2D eigenvalue weighted by Gasteiger charge is 2.48. The lowest BCUT2D eigenvalue weighted by Gasteiger charge is -2.46. The number of hydrogen-bond donors (Lipinski definition) is 1. The van der Waals surface area contributed by atoms with Crippen LogP contribution in [0.15, 0.2) is 24.3 Å². The molecule has 0 amide bonds. The molecule has 1 heteroatoms. The standard InChI is InChI=1S/C18H27N/c1-3-16-8-5-9-18(16)10-11-19-13-17(18)15-7-4-6-14(2)12-15/h4,6-7,12,16-17,19H,3,5,8-11,13H2,1-2H3. The van der Waals surface area contributed by atoms with Gasteiger partial charge in [-0.25, -0.2) is 0 Å². The van der Waals surface area contributed by atoms with Crippen LogP contribution in [0.4, 0.5) is 0 Å². The molecule has 1 saturated carbocycles. The minimum absolute atomic E-state index is 0.591. The number of nitrogens with one attached hydrogen (secondary N) is 1. The molecule has 104 valence electrons. The second kappa shape index (κ2) is 5.28. The molecule has 1 N–H and O–H groups in total. The number of rotatable bonds is 2. The Morgan fingerprint density at radius 1 is 1.32 bits per heavy atom. The maximum atomic E-state index is 3.65. The number of hydrogen-bond acceptors (Lipinski definition) is 1. The highest BCUT2D eigenvalue weighted by atomic mass is 14.9. The van der Waals surface area contributed by atoms with Crippen LogP contribution in [-0.2, 0) is 0 Å². The summed E-state index contributed by atoms with van der Waals surface area (Å²) >= 11 is 0. The lowest BCUT2D eigenvalue weighted by molar-refractivity contribution is 0.103. The molecule has 3 unspecified atom stereocenters. The van der Waals surface area contributed by atoms with Gasteiger partial charge in [-0.15, -0.1) is 0 Å². The van der Waals surface area contributed by atoms with Crippen molar-refractivity contribution in [1.29, 1.82) is 0 Å². The van der Waals surface area contributed by atoms with Crippen LogP contribution >= 0.6 is 0 Å². The van der Waals surface area contributed by atoms with Gasteiger partial charge in [-0.3, -0.25) is 0 Å². The van der Waals surface area contributed by atoms with E-state index in [9.17, 15) is 0 Å². The van der Waals surface area contributed by atoms with Gasteiger partial charge < -0.3 is 5.32 Å². The molecule has 1 aromatic rings. The number of benzene rings is 1. The normalized spacial score (nSPS) is 34.8. The molecule has 2 aliphatic rings. The molecule has 1 saturated heterocycles. The van der Waals surface area contributed by atoms with Crippen molar-refractivity contribution in [3.8, 4) is 0 Å². The van der Waals surface area contributed by atoms with Crippen LogP contribution in [0.1, 0.15) is 56.1 Å². The Morgan fingerprint density at radius 2 is 2.21 bits per heavy atom. The first-order valence-electron chi connectivity index (χ1n) is 8.03. The fraction of sp³-hybridized carbons (Fsp3) is 0.667. The third-order valence-corrected chi connectivity index (χ3v) is 5.75. The summed E-state index contributed by atoms with van der Waals surface area (Å²) in [5, 5.41) is 3.65. The zero-order valence-electron chi connectivity index (χ0n) is 12.4. The summed E-state index contributed by atoms with van der Waals surface area (Å²) in [6.45, 7) is 7.02. The van der Waals surface area contributed by atoms with Gasteiger partial charge in [0, 0.05) is 12.5 Å². The minimum atomic E-state index is 0.591. The highest BCUT2D eigenvalue weighted by molar-refractivity contribution is 5.29. The first kappa shape index (κ1) is 13.2. The van der Waals surface area contributed by atoms with Gasteiger partial charge in [0.15, 0.2) is 0 Å². The van der Waals surface area contributed by atoms with Crippen molar-refractivity contribution >= 4 is 0 Å². The van der Waals surface area contributed by atoms with E-state index in [0.29, 0.717) is 5.41 Å². The van der Waals surface area contributed by atoms with E-state index in [0.717, 1.165) is 11.8 Å². The van der Waals surface area contributed by atoms with Crippen molar-refractivity contribution in [2.45, 2.75) is 51.9 Å². The first-order chi connectivity index (χ1) is 9.26. The average molecular weight is 257 g/mol. The molecular weight excluding hydrogens is 230 g/mol. The van der Waals surface area contributed by atoms with Gasteiger partial charge in [-0.05, 0) is 49.6 Å². The molecule has 1 aromatic carbocycles. The molecule has 0 aromatic heterocycles. The molecule has 1 heterocycles. The Morgan fingerprint density at radius 3 is 3.00 bits per heavy atom. The van der Waals surface area contributed by atoms with Crippen LogP contribution in [0.5, 0.6) is 0 Å². The Hall–Kier alpha value is -0.820. The quantitative estimate of drug-likeness (QED) is 0.834. The molecule has 0 bridgehead atoms. The molecular formula is C18H27N. The van der Waals surface area contributed by atoms with Gasteiger partial charge in [0.1, 0.15) is 0 Å². The summed E-state index contributed by atoms with van der Waals surface area (Å²) in [6.07, 6.45) is 7.10. The van der Waals surface area contributed by atoms with Crippen molar-refractivity contribution in [2.24, 2.45) is 11.3 Å². The maximum absolute atomic E-state index is 3.65. The first-order valence-corrected chi connectivity index (χ1v) is 8.03. The summed E-state index contributed by atoms with van der Waals surface area (Å²) in [6, 6.07) is 9.24. The summed E-state index contributed by atoms with van der Waals surface area (Å²) in [7, 11) is 0. The van der Waals surface area contributed by atoms with E-state index in [1.165, 1.54) is 50.8 Å². The van der Waals surface area contributed by atoms with Crippen molar-refractivity contribution < 1.29 is 0 Å². The number of piperidine rings is 1. The fourth-order valence-corrected chi connectivity index (χ4v) is 4.85. The fourth-order valence-electron chi connectivity index (χ4n) is 4.85. The molecule has 1 nitrogen and oxygen atoms in total. The summed E-state index contributed by atoms with van der Waals surface area (Å²) in [5.41, 5.74) is 3.57. The van der Waals surface area contributed by atoms with Crippen molar-refractivity contribution in [3.63, 3.8) is 0 Å². The van der Waals surface area contributed by atoms with Gasteiger partial charge in [0.25, 0.3) is 0 Å². The molecule has 1 aliphatic carbocycles. The van der Waals surface area contributed by atoms with E-state index in [2.05, 4.69) is 43.4 Å². The smallest absolute Gasteiger partial charge is 0.00256 e. The van der Waals surface area contributed by atoms with Crippen LogP contribution in [-0.4, -0.2) is 13.1 Å². The van der Waals surface area contributed by atoms with Crippen molar-refractivity contribution in [3.05, 3.63) is 35.4 Å². The van der Waals surface area contributed by atoms with Gasteiger partial charge in [0.2, 0.25) is 0 Å². The van der Waals surface area contributed by atoms with Gasteiger partial charge in [0.05, 0.1) is 0 Å². The lowest BCUT2D eigenvalue weighted by Crippen LogP contribution is -2.45. The monoisotopic (exact) mass is 257 g/mol. The molecule has 1 spiro atoms. The molecule has 3 atom stereocenters. The average Bonchev–Trinajstić information content (AvgIpc) is 2.82. The topological polar surface area (TPSA) is 12.0 Å². The van der Waals surface area contributed by atoms with E-state index in [-0.39, 0.29) is 0 Å². The Kier molecular flexibility index (Phi) is 3.66. The number of aryl methyl sites for hydroxylation is 1. The van der Waals surface area contributed by atoms with Crippen molar-refractivity contribution in [1.82, 2.24) is 5.32 Å². The van der Waals surface area contributed by atoms with E-state index in [4.69, 9.17) is 0 Å². The third-order valence-electron chi connectivity index (χ3n) is 5.75. The lowest BCUT2D eigenvalue weighted by atomic mass is 9.61. The van der Waals surface area contributed by atoms with Crippen LogP contribution in [0, 0.1) is 18.3 Å². The largest absolute Gasteiger partial charge is 0.316 e. The molecule has 2 fully saturated rings. The van der Waals surface area contributed by atoms with Gasteiger partial charge >= 0.3 is 0 Å². The van der Waals surface area contributed by atoms with E-state index in [1.54, 1.807) is 5.56 Å². The predicted molar refractivity (Wildman–Crippen MR) is 81.5 cm³/mol. The Balaban J connectivity index is 1.97. The molecule has 19 heavy (non-hydrogen) atoms. The highest BCUT2D eigenvalue weighted by Crippen LogP contribution is 2.56. The predicted octanol–water partition coefficient (Wildman–Crippen LogP) is 4.27. The van der Waals surface area contributed by atoms with Crippen LogP contribution in [0.3, 0.4) is 0 Å². The van der Waals surface area contributed by atoms with E-state index < -0.39 is 0 Å². The van der Waals surface area contributed by atoms with Crippen LogP contribution in [0.2, 0.25) is 0 Å². The SMILES string of the molecule is CCC1CCCC12CCNCC2c1cccc(C)c1. The molecule has 0 radical (unpaired) electrons. The van der Waals surface area contributed by atoms with E-state index >= 15 is 0 Å². The Bertz CT molecular complexity index is 439. The summed E-state index contributed by atoms with van der Waals surface area (Å²) < 4.78 is 0. The second-order valence-electron chi connectivity index (χ2n) is 6.65. The molecule has 1 aliphatic heterocycles. The van der Waals surface area contributed by atoms with Crippen LogP contribution in [0.25, 0.3) is 0 Å². The summed E-state index contributed by atoms with van der Waals surface area (Å²) in [4.78, 5) is 0. The summed E-state index contributed by atoms with van der Waals surface area (Å²) in [5.74, 6) is 1.67.